The van der Waals surface area contributed by atoms with E-state index in [0.717, 1.165) is 16.6 Å². The fourth-order valence-electron chi connectivity index (χ4n) is 3.22. The molecule has 0 saturated heterocycles. The quantitative estimate of drug-likeness (QED) is 0.430. The molecule has 0 saturated carbocycles. The van der Waals surface area contributed by atoms with Crippen LogP contribution in [0.5, 0.6) is 0 Å². The number of rotatable bonds is 4. The molecule has 27 heavy (non-hydrogen) atoms. The minimum atomic E-state index is -0.677. The molecule has 0 radical (unpaired) electrons. The molecule has 0 atom stereocenters. The number of nitrogens with zero attached hydrogens (tertiary/aromatic N) is 2. The molecule has 4 aromatic rings. The molecule has 1 amide bonds. The van der Waals surface area contributed by atoms with Crippen LogP contribution in [-0.2, 0) is 4.79 Å². The minimum Gasteiger partial charge on any atom is -0.361 e. The highest BCUT2D eigenvalue weighted by Gasteiger charge is 2.25. The molecule has 2 heterocycles. The molecule has 2 aromatic heterocycles. The number of aryl methyl sites for hydroxylation is 1. The third-order valence-corrected chi connectivity index (χ3v) is 4.54. The van der Waals surface area contributed by atoms with Gasteiger partial charge in [-0.1, -0.05) is 18.2 Å². The van der Waals surface area contributed by atoms with Crippen LogP contribution in [0.4, 0.5) is 5.69 Å². The Hall–Kier alpha value is -3.67. The van der Waals surface area contributed by atoms with E-state index in [1.165, 1.54) is 0 Å². The molecule has 0 unspecified atom stereocenters. The number of aromatic nitrogens is 3. The van der Waals surface area contributed by atoms with Crippen molar-refractivity contribution in [2.24, 2.45) is 0 Å². The Morgan fingerprint density at radius 1 is 1.04 bits per heavy atom. The average molecular weight is 358 g/mol. The number of carbonyl (C=O) groups excluding carboxylic acids is 2. The molecular formula is C21H18N4O2. The van der Waals surface area contributed by atoms with Crippen molar-refractivity contribution in [3.8, 4) is 5.69 Å². The molecule has 0 spiro atoms. The highest BCUT2D eigenvalue weighted by Crippen LogP contribution is 2.21. The Morgan fingerprint density at radius 3 is 2.59 bits per heavy atom. The Labute approximate surface area is 155 Å². The van der Waals surface area contributed by atoms with Gasteiger partial charge < -0.3 is 10.3 Å². The molecule has 0 aliphatic carbocycles. The zero-order chi connectivity index (χ0) is 19.0. The maximum absolute atomic E-state index is 12.8. The fourth-order valence-corrected chi connectivity index (χ4v) is 3.22. The van der Waals surface area contributed by atoms with Crippen LogP contribution in [-0.4, -0.2) is 26.5 Å². The number of aromatic amines is 1. The Bertz CT molecular complexity index is 1160. The molecule has 134 valence electrons. The third kappa shape index (κ3) is 3.01. The number of anilines is 1. The molecule has 6 nitrogen and oxygen atoms in total. The van der Waals surface area contributed by atoms with Crippen LogP contribution < -0.4 is 5.32 Å². The van der Waals surface area contributed by atoms with Gasteiger partial charge in [-0.05, 0) is 50.2 Å². The fraction of sp³-hybridized carbons (Fsp3) is 0.0952. The summed E-state index contributed by atoms with van der Waals surface area (Å²) in [6, 6.07) is 16.9. The van der Waals surface area contributed by atoms with Crippen molar-refractivity contribution >= 4 is 28.3 Å². The van der Waals surface area contributed by atoms with Gasteiger partial charge in [-0.2, -0.15) is 5.10 Å². The standard InChI is InChI=1S/C21H18N4O2/c1-13-19(14(2)25(24-13)17-6-4-3-5-7-17)20(26)21(27)23-16-8-9-18-15(12-16)10-11-22-18/h3-12,22H,1-2H3,(H,23,27). The van der Waals surface area contributed by atoms with E-state index < -0.39 is 11.7 Å². The van der Waals surface area contributed by atoms with Gasteiger partial charge in [0.1, 0.15) is 0 Å². The summed E-state index contributed by atoms with van der Waals surface area (Å²) in [4.78, 5) is 28.4. The molecule has 0 aliphatic rings. The Morgan fingerprint density at radius 2 is 1.81 bits per heavy atom. The number of hydrogen-bond acceptors (Lipinski definition) is 3. The summed E-state index contributed by atoms with van der Waals surface area (Å²) in [7, 11) is 0. The van der Waals surface area contributed by atoms with Crippen molar-refractivity contribution in [2.75, 3.05) is 5.32 Å². The lowest BCUT2D eigenvalue weighted by molar-refractivity contribution is -0.112. The predicted octanol–water partition coefficient (Wildman–Crippen LogP) is 3.79. The number of Topliss-reactive ketones (excluding diaryl/α,β-unsaturated/α-hetero) is 1. The number of H-pyrrole nitrogens is 1. The number of nitrogens with one attached hydrogen (secondary N) is 2. The summed E-state index contributed by atoms with van der Waals surface area (Å²) in [6.45, 7) is 3.53. The van der Waals surface area contributed by atoms with Crippen LogP contribution in [0, 0.1) is 13.8 Å². The zero-order valence-corrected chi connectivity index (χ0v) is 15.0. The first-order valence-electron chi connectivity index (χ1n) is 8.59. The number of para-hydroxylation sites is 1. The Balaban J connectivity index is 1.62. The van der Waals surface area contributed by atoms with Crippen molar-refractivity contribution in [3.63, 3.8) is 0 Å². The van der Waals surface area contributed by atoms with Gasteiger partial charge in [0.15, 0.2) is 0 Å². The van der Waals surface area contributed by atoms with E-state index in [0.29, 0.717) is 22.6 Å². The number of ketones is 1. The largest absolute Gasteiger partial charge is 0.361 e. The average Bonchev–Trinajstić information content (AvgIpc) is 3.25. The molecule has 4 rings (SSSR count). The first kappa shape index (κ1) is 16.8. The van der Waals surface area contributed by atoms with E-state index in [4.69, 9.17) is 0 Å². The first-order chi connectivity index (χ1) is 13.0. The second kappa shape index (κ2) is 6.57. The third-order valence-electron chi connectivity index (χ3n) is 4.54. The summed E-state index contributed by atoms with van der Waals surface area (Å²) in [6.07, 6.45) is 1.83. The van der Waals surface area contributed by atoms with Gasteiger partial charge in [-0.3, -0.25) is 9.59 Å². The second-order valence-corrected chi connectivity index (χ2v) is 6.36. The monoisotopic (exact) mass is 358 g/mol. The van der Waals surface area contributed by atoms with Gasteiger partial charge in [0.25, 0.3) is 11.7 Å². The topological polar surface area (TPSA) is 79.8 Å². The van der Waals surface area contributed by atoms with E-state index in [2.05, 4.69) is 15.4 Å². The van der Waals surface area contributed by atoms with Gasteiger partial charge in [-0.15, -0.1) is 0 Å². The number of benzene rings is 2. The predicted molar refractivity (Wildman–Crippen MR) is 104 cm³/mol. The van der Waals surface area contributed by atoms with Crippen LogP contribution >= 0.6 is 0 Å². The highest BCUT2D eigenvalue weighted by molar-refractivity contribution is 6.47. The second-order valence-electron chi connectivity index (χ2n) is 6.36. The normalized spacial score (nSPS) is 10.9. The summed E-state index contributed by atoms with van der Waals surface area (Å²) in [5, 5.41) is 8.09. The highest BCUT2D eigenvalue weighted by atomic mass is 16.2. The Kier molecular flexibility index (Phi) is 4.08. The molecule has 2 N–H and O–H groups in total. The van der Waals surface area contributed by atoms with Crippen LogP contribution in [0.25, 0.3) is 16.6 Å². The van der Waals surface area contributed by atoms with Gasteiger partial charge in [0.2, 0.25) is 0 Å². The first-order valence-corrected chi connectivity index (χ1v) is 8.59. The lowest BCUT2D eigenvalue weighted by Crippen LogP contribution is -2.24. The molecule has 0 fully saturated rings. The molecule has 0 aliphatic heterocycles. The van der Waals surface area contributed by atoms with E-state index in [-0.39, 0.29) is 0 Å². The summed E-state index contributed by atoms with van der Waals surface area (Å²) >= 11 is 0. The zero-order valence-electron chi connectivity index (χ0n) is 15.0. The molecule has 0 bridgehead atoms. The van der Waals surface area contributed by atoms with E-state index >= 15 is 0 Å². The van der Waals surface area contributed by atoms with Crippen LogP contribution in [0.2, 0.25) is 0 Å². The number of hydrogen-bond donors (Lipinski definition) is 2. The summed E-state index contributed by atoms with van der Waals surface area (Å²) < 4.78 is 1.68. The molecule has 2 aromatic carbocycles. The van der Waals surface area contributed by atoms with E-state index in [1.807, 2.05) is 54.7 Å². The van der Waals surface area contributed by atoms with Crippen molar-refractivity contribution in [2.45, 2.75) is 13.8 Å². The van der Waals surface area contributed by atoms with Gasteiger partial charge in [-0.25, -0.2) is 4.68 Å². The van der Waals surface area contributed by atoms with Crippen molar-refractivity contribution in [1.29, 1.82) is 0 Å². The molecule has 6 heteroatoms. The van der Waals surface area contributed by atoms with Crippen molar-refractivity contribution in [1.82, 2.24) is 14.8 Å². The number of amides is 1. The SMILES string of the molecule is Cc1nn(-c2ccccc2)c(C)c1C(=O)C(=O)Nc1ccc2[nH]ccc2c1. The lowest BCUT2D eigenvalue weighted by Gasteiger charge is -2.06. The van der Waals surface area contributed by atoms with Crippen molar-refractivity contribution < 1.29 is 9.59 Å². The van der Waals surface area contributed by atoms with E-state index in [1.54, 1.807) is 24.6 Å². The maximum atomic E-state index is 12.8. The number of fused-ring (bicyclic) bond motifs is 1. The summed E-state index contributed by atoms with van der Waals surface area (Å²) in [5.41, 5.74) is 3.88. The van der Waals surface area contributed by atoms with Gasteiger partial charge in [0.05, 0.1) is 22.6 Å². The van der Waals surface area contributed by atoms with E-state index in [9.17, 15) is 9.59 Å². The number of carbonyl (C=O) groups is 2. The van der Waals surface area contributed by atoms with Gasteiger partial charge >= 0.3 is 0 Å². The van der Waals surface area contributed by atoms with Crippen LogP contribution in [0.3, 0.4) is 0 Å². The summed E-state index contributed by atoms with van der Waals surface area (Å²) in [5.74, 6) is -1.27. The van der Waals surface area contributed by atoms with Crippen LogP contribution in [0.15, 0.2) is 60.8 Å². The molecular weight excluding hydrogens is 340 g/mol. The maximum Gasteiger partial charge on any atom is 0.296 e. The van der Waals surface area contributed by atoms with Crippen LogP contribution in [0.1, 0.15) is 21.7 Å². The van der Waals surface area contributed by atoms with Gasteiger partial charge in [0, 0.05) is 22.8 Å². The minimum absolute atomic E-state index is 0.332. The van der Waals surface area contributed by atoms with Crippen molar-refractivity contribution in [3.05, 3.63) is 77.7 Å². The lowest BCUT2D eigenvalue weighted by atomic mass is 10.1. The smallest absolute Gasteiger partial charge is 0.296 e.